The predicted octanol–water partition coefficient (Wildman–Crippen LogP) is 3.20. The summed E-state index contributed by atoms with van der Waals surface area (Å²) in [5, 5.41) is 0. The SMILES string of the molecule is CCN(CC)C(=O)c1c(F)ccc(F)c1C(=O)N1CCCN(Cc2ccc(S(C)(=O)=O)cc2)CC1. The van der Waals surface area contributed by atoms with Crippen molar-refractivity contribution in [2.75, 3.05) is 45.5 Å². The summed E-state index contributed by atoms with van der Waals surface area (Å²) >= 11 is 0. The van der Waals surface area contributed by atoms with Crippen LogP contribution in [0.3, 0.4) is 0 Å². The van der Waals surface area contributed by atoms with Gasteiger partial charge in [-0.2, -0.15) is 0 Å². The maximum atomic E-state index is 14.8. The fourth-order valence-electron chi connectivity index (χ4n) is 4.23. The molecule has 1 aliphatic rings. The van der Waals surface area contributed by atoms with Gasteiger partial charge in [-0.3, -0.25) is 14.5 Å². The lowest BCUT2D eigenvalue weighted by Gasteiger charge is -2.25. The molecule has 3 rings (SSSR count). The first-order chi connectivity index (χ1) is 16.6. The van der Waals surface area contributed by atoms with E-state index in [4.69, 9.17) is 0 Å². The van der Waals surface area contributed by atoms with Crippen LogP contribution in [0, 0.1) is 11.6 Å². The van der Waals surface area contributed by atoms with E-state index >= 15 is 0 Å². The Bertz CT molecular complexity index is 1180. The smallest absolute Gasteiger partial charge is 0.257 e. The van der Waals surface area contributed by atoms with Crippen LogP contribution in [0.2, 0.25) is 0 Å². The molecule has 35 heavy (non-hydrogen) atoms. The van der Waals surface area contributed by atoms with Crippen molar-refractivity contribution in [2.45, 2.75) is 31.7 Å². The van der Waals surface area contributed by atoms with Crippen molar-refractivity contribution >= 4 is 21.7 Å². The van der Waals surface area contributed by atoms with Gasteiger partial charge in [0.25, 0.3) is 11.8 Å². The summed E-state index contributed by atoms with van der Waals surface area (Å²) in [6.07, 6.45) is 1.77. The highest BCUT2D eigenvalue weighted by Crippen LogP contribution is 2.23. The number of halogens is 2. The van der Waals surface area contributed by atoms with Crippen LogP contribution in [0.1, 0.15) is 46.5 Å². The van der Waals surface area contributed by atoms with Gasteiger partial charge in [0.1, 0.15) is 11.6 Å². The van der Waals surface area contributed by atoms with Crippen molar-refractivity contribution in [3.05, 3.63) is 64.7 Å². The number of hydrogen-bond acceptors (Lipinski definition) is 5. The van der Waals surface area contributed by atoms with E-state index < -0.39 is 44.4 Å². The van der Waals surface area contributed by atoms with Gasteiger partial charge in [0.2, 0.25) is 0 Å². The Morgan fingerprint density at radius 2 is 1.49 bits per heavy atom. The number of amides is 2. The molecule has 7 nitrogen and oxygen atoms in total. The molecule has 0 N–H and O–H groups in total. The van der Waals surface area contributed by atoms with Crippen LogP contribution >= 0.6 is 0 Å². The van der Waals surface area contributed by atoms with E-state index in [2.05, 4.69) is 4.90 Å². The first kappa shape index (κ1) is 26.7. The third kappa shape index (κ3) is 6.24. The lowest BCUT2D eigenvalue weighted by molar-refractivity contribution is 0.0719. The molecule has 1 aliphatic heterocycles. The zero-order chi connectivity index (χ0) is 25.8. The van der Waals surface area contributed by atoms with Gasteiger partial charge in [-0.25, -0.2) is 17.2 Å². The third-order valence-electron chi connectivity index (χ3n) is 6.22. The summed E-state index contributed by atoms with van der Waals surface area (Å²) in [6.45, 7) is 6.45. The van der Waals surface area contributed by atoms with E-state index in [1.54, 1.807) is 38.1 Å². The van der Waals surface area contributed by atoms with Gasteiger partial charge < -0.3 is 9.80 Å². The molecule has 0 aromatic heterocycles. The molecule has 0 unspecified atom stereocenters. The predicted molar refractivity (Wildman–Crippen MR) is 129 cm³/mol. The maximum absolute atomic E-state index is 14.8. The largest absolute Gasteiger partial charge is 0.339 e. The number of sulfone groups is 1. The normalized spacial score (nSPS) is 15.1. The molecule has 190 valence electrons. The number of carbonyl (C=O) groups excluding carboxylic acids is 2. The minimum absolute atomic E-state index is 0.251. The van der Waals surface area contributed by atoms with E-state index in [1.807, 2.05) is 0 Å². The van der Waals surface area contributed by atoms with Crippen molar-refractivity contribution in [1.82, 2.24) is 14.7 Å². The molecule has 1 saturated heterocycles. The quantitative estimate of drug-likeness (QED) is 0.575. The summed E-state index contributed by atoms with van der Waals surface area (Å²) in [4.78, 5) is 31.4. The number of benzene rings is 2. The second-order valence-electron chi connectivity index (χ2n) is 8.59. The van der Waals surface area contributed by atoms with E-state index in [1.165, 1.54) is 9.80 Å². The van der Waals surface area contributed by atoms with Gasteiger partial charge in [0, 0.05) is 52.1 Å². The zero-order valence-electron chi connectivity index (χ0n) is 20.3. The van der Waals surface area contributed by atoms with Gasteiger partial charge in [0.15, 0.2) is 9.84 Å². The summed E-state index contributed by atoms with van der Waals surface area (Å²) in [7, 11) is -3.27. The molecule has 2 aromatic rings. The standard InChI is InChI=1S/C25H31F2N3O4S/c1-4-29(5-2)24(31)22-20(26)11-12-21(27)23(22)25(32)30-14-6-13-28(15-16-30)17-18-7-9-19(10-8-18)35(3,33)34/h7-12H,4-6,13-17H2,1-3H3. The van der Waals surface area contributed by atoms with Crippen molar-refractivity contribution < 1.29 is 26.8 Å². The van der Waals surface area contributed by atoms with Gasteiger partial charge in [-0.05, 0) is 50.1 Å². The highest BCUT2D eigenvalue weighted by molar-refractivity contribution is 7.90. The molecule has 2 aromatic carbocycles. The summed E-state index contributed by atoms with van der Waals surface area (Å²) in [5.74, 6) is -3.24. The number of nitrogens with zero attached hydrogens (tertiary/aromatic N) is 3. The van der Waals surface area contributed by atoms with Crippen LogP contribution in [-0.4, -0.2) is 80.5 Å². The van der Waals surface area contributed by atoms with Crippen LogP contribution in [-0.2, 0) is 16.4 Å². The number of rotatable bonds is 7. The second-order valence-corrected chi connectivity index (χ2v) is 10.6. The van der Waals surface area contributed by atoms with Crippen LogP contribution in [0.15, 0.2) is 41.3 Å². The highest BCUT2D eigenvalue weighted by atomic mass is 32.2. The summed E-state index contributed by atoms with van der Waals surface area (Å²) in [6, 6.07) is 8.42. The molecule has 0 bridgehead atoms. The van der Waals surface area contributed by atoms with Crippen molar-refractivity contribution in [3.63, 3.8) is 0 Å². The van der Waals surface area contributed by atoms with E-state index in [9.17, 15) is 26.8 Å². The monoisotopic (exact) mass is 507 g/mol. The Morgan fingerprint density at radius 1 is 0.886 bits per heavy atom. The van der Waals surface area contributed by atoms with Gasteiger partial charge >= 0.3 is 0 Å². The van der Waals surface area contributed by atoms with Crippen LogP contribution in [0.25, 0.3) is 0 Å². The Balaban J connectivity index is 1.76. The number of carbonyl (C=O) groups is 2. The summed E-state index contributed by atoms with van der Waals surface area (Å²) in [5.41, 5.74) is -0.113. The second kappa shape index (κ2) is 11.3. The Labute approximate surface area is 205 Å². The van der Waals surface area contributed by atoms with E-state index in [-0.39, 0.29) is 11.4 Å². The van der Waals surface area contributed by atoms with Crippen LogP contribution < -0.4 is 0 Å². The van der Waals surface area contributed by atoms with Gasteiger partial charge in [0.05, 0.1) is 16.0 Å². The van der Waals surface area contributed by atoms with E-state index in [0.29, 0.717) is 45.7 Å². The average molecular weight is 508 g/mol. The minimum Gasteiger partial charge on any atom is -0.339 e. The number of hydrogen-bond donors (Lipinski definition) is 0. The highest BCUT2D eigenvalue weighted by Gasteiger charge is 2.31. The van der Waals surface area contributed by atoms with Gasteiger partial charge in [-0.1, -0.05) is 12.1 Å². The maximum Gasteiger partial charge on any atom is 0.257 e. The first-order valence-corrected chi connectivity index (χ1v) is 13.5. The molecule has 1 fully saturated rings. The molecular weight excluding hydrogens is 476 g/mol. The molecule has 0 saturated carbocycles. The minimum atomic E-state index is -3.27. The van der Waals surface area contributed by atoms with E-state index in [0.717, 1.165) is 24.0 Å². The zero-order valence-corrected chi connectivity index (χ0v) is 21.1. The van der Waals surface area contributed by atoms with Crippen molar-refractivity contribution in [2.24, 2.45) is 0 Å². The fraction of sp³-hybridized carbons (Fsp3) is 0.440. The lowest BCUT2D eigenvalue weighted by atomic mass is 10.0. The van der Waals surface area contributed by atoms with Crippen molar-refractivity contribution in [3.8, 4) is 0 Å². The fourth-order valence-corrected chi connectivity index (χ4v) is 4.86. The molecule has 0 atom stereocenters. The Hall–Kier alpha value is -2.85. The Morgan fingerprint density at radius 3 is 2.06 bits per heavy atom. The van der Waals surface area contributed by atoms with Crippen molar-refractivity contribution in [1.29, 1.82) is 0 Å². The Kier molecular flexibility index (Phi) is 8.60. The lowest BCUT2D eigenvalue weighted by Crippen LogP contribution is -2.38. The molecule has 2 amide bonds. The first-order valence-electron chi connectivity index (χ1n) is 11.6. The molecule has 10 heteroatoms. The average Bonchev–Trinajstić information content (AvgIpc) is 3.06. The summed E-state index contributed by atoms with van der Waals surface area (Å²) < 4.78 is 52.8. The molecule has 0 spiro atoms. The van der Waals surface area contributed by atoms with Crippen LogP contribution in [0.4, 0.5) is 8.78 Å². The molecule has 0 aliphatic carbocycles. The molecule has 1 heterocycles. The third-order valence-corrected chi connectivity index (χ3v) is 7.34. The van der Waals surface area contributed by atoms with Gasteiger partial charge in [-0.15, -0.1) is 0 Å². The topological polar surface area (TPSA) is 78.0 Å². The molecule has 0 radical (unpaired) electrons. The van der Waals surface area contributed by atoms with Crippen LogP contribution in [0.5, 0.6) is 0 Å². The molecular formula is C25H31F2N3O4S.